The van der Waals surface area contributed by atoms with Crippen molar-refractivity contribution in [2.45, 2.75) is 13.5 Å². The minimum atomic E-state index is -0.473. The molecule has 0 aliphatic rings. The highest BCUT2D eigenvalue weighted by Crippen LogP contribution is 2.25. The lowest BCUT2D eigenvalue weighted by Gasteiger charge is -2.10. The molecule has 130 valence electrons. The molecular formula is C19H12BrClN2O3. The molecule has 7 heteroatoms. The molecule has 0 aliphatic heterocycles. The van der Waals surface area contributed by atoms with E-state index in [9.17, 15) is 9.59 Å². The van der Waals surface area contributed by atoms with Crippen LogP contribution in [-0.4, -0.2) is 9.55 Å². The monoisotopic (exact) mass is 430 g/mol. The average molecular weight is 432 g/mol. The van der Waals surface area contributed by atoms with Crippen LogP contribution in [0.5, 0.6) is 0 Å². The lowest BCUT2D eigenvalue weighted by molar-refractivity contribution is 0.557. The number of benzene rings is 2. The summed E-state index contributed by atoms with van der Waals surface area (Å²) in [6.45, 7) is 2.03. The predicted molar refractivity (Wildman–Crippen MR) is 105 cm³/mol. The van der Waals surface area contributed by atoms with E-state index in [1.165, 1.54) is 17.0 Å². The molecule has 4 aromatic rings. The maximum Gasteiger partial charge on any atom is 0.336 e. The fraction of sp³-hybridized carbons (Fsp3) is 0.105. The van der Waals surface area contributed by atoms with Gasteiger partial charge in [-0.2, -0.15) is 0 Å². The van der Waals surface area contributed by atoms with E-state index in [-0.39, 0.29) is 12.1 Å². The van der Waals surface area contributed by atoms with E-state index in [0.29, 0.717) is 32.5 Å². The van der Waals surface area contributed by atoms with Crippen molar-refractivity contribution in [2.75, 3.05) is 0 Å². The van der Waals surface area contributed by atoms with Gasteiger partial charge in [0.15, 0.2) is 0 Å². The second kappa shape index (κ2) is 6.37. The highest BCUT2D eigenvalue weighted by Gasteiger charge is 2.11. The molecule has 2 heterocycles. The molecule has 0 aliphatic carbocycles. The first-order valence-corrected chi connectivity index (χ1v) is 8.97. The van der Waals surface area contributed by atoms with Crippen molar-refractivity contribution in [3.05, 3.63) is 84.1 Å². The van der Waals surface area contributed by atoms with E-state index in [2.05, 4.69) is 20.9 Å². The highest BCUT2D eigenvalue weighted by molar-refractivity contribution is 9.10. The number of nitrogens with zero attached hydrogens (tertiary/aromatic N) is 2. The van der Waals surface area contributed by atoms with Crippen molar-refractivity contribution >= 4 is 49.4 Å². The highest BCUT2D eigenvalue weighted by atomic mass is 79.9. The quantitative estimate of drug-likeness (QED) is 0.445. The van der Waals surface area contributed by atoms with Crippen molar-refractivity contribution in [1.82, 2.24) is 9.55 Å². The predicted octanol–water partition coefficient (Wildman–Crippen LogP) is 4.28. The van der Waals surface area contributed by atoms with Crippen LogP contribution in [0.2, 0.25) is 5.02 Å². The van der Waals surface area contributed by atoms with Gasteiger partial charge >= 0.3 is 5.63 Å². The van der Waals surface area contributed by atoms with Crippen LogP contribution in [0.1, 0.15) is 11.1 Å². The Kier molecular flexibility index (Phi) is 4.17. The SMILES string of the molecule is Cc1cc2oc(=O)cc(Cn3cnc4ccc(Br)cc4c3=O)c2cc1Cl. The van der Waals surface area contributed by atoms with Crippen molar-refractivity contribution < 1.29 is 4.42 Å². The molecule has 0 saturated carbocycles. The molecule has 0 fully saturated rings. The molecular weight excluding hydrogens is 420 g/mol. The van der Waals surface area contributed by atoms with Crippen molar-refractivity contribution in [2.24, 2.45) is 0 Å². The molecule has 5 nitrogen and oxygen atoms in total. The third kappa shape index (κ3) is 2.95. The zero-order chi connectivity index (χ0) is 18.4. The van der Waals surface area contributed by atoms with Crippen LogP contribution in [0.25, 0.3) is 21.9 Å². The lowest BCUT2D eigenvalue weighted by atomic mass is 10.1. The summed E-state index contributed by atoms with van der Waals surface area (Å²) in [6.07, 6.45) is 1.48. The molecule has 2 aromatic carbocycles. The van der Waals surface area contributed by atoms with Gasteiger partial charge in [0, 0.05) is 20.9 Å². The zero-order valence-electron chi connectivity index (χ0n) is 13.6. The normalized spacial score (nSPS) is 11.3. The standard InChI is InChI=1S/C19H12BrClN2O3/c1-10-4-17-13(7-15(10)21)11(5-18(24)26-17)8-23-9-22-16-3-2-12(20)6-14(16)19(23)25/h2-7,9H,8H2,1H3. The van der Waals surface area contributed by atoms with Gasteiger partial charge < -0.3 is 4.42 Å². The van der Waals surface area contributed by atoms with Crippen LogP contribution in [0.15, 0.2) is 61.2 Å². The number of fused-ring (bicyclic) bond motifs is 2. The van der Waals surface area contributed by atoms with E-state index in [1.807, 2.05) is 13.0 Å². The van der Waals surface area contributed by atoms with Gasteiger partial charge in [0.05, 0.1) is 23.8 Å². The number of rotatable bonds is 2. The summed E-state index contributed by atoms with van der Waals surface area (Å²) >= 11 is 9.59. The molecule has 0 bridgehead atoms. The Balaban J connectivity index is 1.91. The smallest absolute Gasteiger partial charge is 0.336 e. The van der Waals surface area contributed by atoms with E-state index in [4.69, 9.17) is 16.0 Å². The molecule has 0 N–H and O–H groups in total. The third-order valence-corrected chi connectivity index (χ3v) is 5.14. The van der Waals surface area contributed by atoms with Crippen LogP contribution >= 0.6 is 27.5 Å². The molecule has 2 aromatic heterocycles. The van der Waals surface area contributed by atoms with E-state index >= 15 is 0 Å². The Hall–Kier alpha value is -2.44. The van der Waals surface area contributed by atoms with Crippen LogP contribution in [0, 0.1) is 6.92 Å². The van der Waals surface area contributed by atoms with Gasteiger partial charge in [-0.15, -0.1) is 0 Å². The molecule has 4 rings (SSSR count). The summed E-state index contributed by atoms with van der Waals surface area (Å²) in [4.78, 5) is 29.1. The minimum Gasteiger partial charge on any atom is -0.423 e. The van der Waals surface area contributed by atoms with Crippen LogP contribution in [0.4, 0.5) is 0 Å². The Morgan fingerprint density at radius 3 is 2.77 bits per heavy atom. The molecule has 0 radical (unpaired) electrons. The summed E-state index contributed by atoms with van der Waals surface area (Å²) in [5, 5.41) is 1.77. The Morgan fingerprint density at radius 1 is 1.15 bits per heavy atom. The number of halogens is 2. The van der Waals surface area contributed by atoms with Gasteiger partial charge in [0.1, 0.15) is 5.58 Å². The van der Waals surface area contributed by atoms with Gasteiger partial charge in [0.25, 0.3) is 5.56 Å². The first kappa shape index (κ1) is 17.0. The van der Waals surface area contributed by atoms with Gasteiger partial charge in [-0.1, -0.05) is 27.5 Å². The molecule has 0 spiro atoms. The number of aryl methyl sites for hydroxylation is 1. The van der Waals surface area contributed by atoms with Crippen molar-refractivity contribution in [3.63, 3.8) is 0 Å². The van der Waals surface area contributed by atoms with Gasteiger partial charge in [0.2, 0.25) is 0 Å². The van der Waals surface area contributed by atoms with E-state index in [1.54, 1.807) is 24.3 Å². The van der Waals surface area contributed by atoms with Crippen LogP contribution in [0.3, 0.4) is 0 Å². The minimum absolute atomic E-state index is 0.184. The van der Waals surface area contributed by atoms with Gasteiger partial charge in [-0.3, -0.25) is 9.36 Å². The van der Waals surface area contributed by atoms with Crippen LogP contribution < -0.4 is 11.2 Å². The topological polar surface area (TPSA) is 65.1 Å². The molecule has 0 unspecified atom stereocenters. The summed E-state index contributed by atoms with van der Waals surface area (Å²) < 4.78 is 7.54. The van der Waals surface area contributed by atoms with Crippen molar-refractivity contribution in [1.29, 1.82) is 0 Å². The summed E-state index contributed by atoms with van der Waals surface area (Å²) in [6, 6.07) is 10.2. The molecule has 0 amide bonds. The molecule has 0 saturated heterocycles. The van der Waals surface area contributed by atoms with E-state index < -0.39 is 5.63 Å². The number of aromatic nitrogens is 2. The summed E-state index contributed by atoms with van der Waals surface area (Å²) in [5.74, 6) is 0. The maximum absolute atomic E-state index is 12.8. The first-order chi connectivity index (χ1) is 12.4. The first-order valence-electron chi connectivity index (χ1n) is 7.80. The Morgan fingerprint density at radius 2 is 1.96 bits per heavy atom. The fourth-order valence-corrected chi connectivity index (χ4v) is 3.43. The van der Waals surface area contributed by atoms with Gasteiger partial charge in [-0.05, 0) is 48.4 Å². The average Bonchev–Trinajstić information content (AvgIpc) is 2.59. The largest absolute Gasteiger partial charge is 0.423 e. The zero-order valence-corrected chi connectivity index (χ0v) is 16.0. The third-order valence-electron chi connectivity index (χ3n) is 4.24. The Bertz CT molecular complexity index is 1290. The second-order valence-electron chi connectivity index (χ2n) is 6.03. The lowest BCUT2D eigenvalue weighted by Crippen LogP contribution is -2.21. The molecule has 0 atom stereocenters. The second-order valence-corrected chi connectivity index (χ2v) is 7.35. The van der Waals surface area contributed by atoms with Crippen molar-refractivity contribution in [3.8, 4) is 0 Å². The Labute approximate surface area is 161 Å². The maximum atomic E-state index is 12.8. The van der Waals surface area contributed by atoms with Crippen LogP contribution in [-0.2, 0) is 6.54 Å². The number of hydrogen-bond acceptors (Lipinski definition) is 4. The summed E-state index contributed by atoms with van der Waals surface area (Å²) in [7, 11) is 0. The fourth-order valence-electron chi connectivity index (χ4n) is 2.91. The van der Waals surface area contributed by atoms with Gasteiger partial charge in [-0.25, -0.2) is 9.78 Å². The summed E-state index contributed by atoms with van der Waals surface area (Å²) in [5.41, 5.74) is 1.87. The number of hydrogen-bond donors (Lipinski definition) is 0. The van der Waals surface area contributed by atoms with E-state index in [0.717, 1.165) is 10.0 Å². The molecule has 26 heavy (non-hydrogen) atoms.